The first-order valence-electron chi connectivity index (χ1n) is 9.42. The van der Waals surface area contributed by atoms with Crippen molar-refractivity contribution in [1.82, 2.24) is 15.4 Å². The fourth-order valence-corrected chi connectivity index (χ4v) is 3.93. The number of pyridine rings is 1. The summed E-state index contributed by atoms with van der Waals surface area (Å²) < 4.78 is 43.6. The smallest absolute Gasteiger partial charge is 0.390 e. The zero-order valence-electron chi connectivity index (χ0n) is 15.4. The van der Waals surface area contributed by atoms with Crippen LogP contribution < -0.4 is 10.2 Å². The number of aldehydes is 1. The number of hydrazine groups is 1. The molecule has 0 spiro atoms. The Labute approximate surface area is 161 Å². The van der Waals surface area contributed by atoms with Crippen LogP contribution in [0, 0.1) is 11.8 Å². The van der Waals surface area contributed by atoms with Crippen LogP contribution in [0.3, 0.4) is 0 Å². The van der Waals surface area contributed by atoms with E-state index in [0.29, 0.717) is 19.4 Å². The van der Waals surface area contributed by atoms with Crippen LogP contribution in [0.15, 0.2) is 24.2 Å². The number of nitrogens with zero attached hydrogens (tertiary/aromatic N) is 2. The molecule has 1 aromatic rings. The van der Waals surface area contributed by atoms with Crippen molar-refractivity contribution in [2.45, 2.75) is 38.3 Å². The summed E-state index contributed by atoms with van der Waals surface area (Å²) in [7, 11) is 0. The molecule has 0 amide bonds. The summed E-state index contributed by atoms with van der Waals surface area (Å²) in [6, 6.07) is 0. The third-order valence-electron chi connectivity index (χ3n) is 5.31. The molecule has 3 rings (SSSR count). The average Bonchev–Trinajstić information content (AvgIpc) is 3.13. The van der Waals surface area contributed by atoms with Gasteiger partial charge >= 0.3 is 6.18 Å². The molecular formula is C19H24F3N3O3. The van der Waals surface area contributed by atoms with Crippen LogP contribution in [0.5, 0.6) is 11.5 Å². The maximum Gasteiger partial charge on any atom is 0.390 e. The number of rotatable bonds is 7. The first kappa shape index (κ1) is 20.4. The lowest BCUT2D eigenvalue weighted by molar-refractivity contribution is -0.138. The number of carbonyl (C=O) groups excluding carboxylic acids is 1. The van der Waals surface area contributed by atoms with Gasteiger partial charge in [0, 0.05) is 30.6 Å². The van der Waals surface area contributed by atoms with Crippen molar-refractivity contribution in [3.05, 3.63) is 29.7 Å². The number of ether oxygens (including phenoxy) is 1. The molecule has 1 aromatic heterocycles. The molecule has 2 N–H and O–H groups in total. The lowest BCUT2D eigenvalue weighted by Gasteiger charge is -2.36. The van der Waals surface area contributed by atoms with E-state index >= 15 is 0 Å². The minimum absolute atomic E-state index is 0.0518. The minimum Gasteiger partial charge on any atom is -0.505 e. The largest absolute Gasteiger partial charge is 0.505 e. The van der Waals surface area contributed by atoms with E-state index in [9.17, 15) is 23.1 Å². The van der Waals surface area contributed by atoms with E-state index in [4.69, 9.17) is 4.74 Å². The van der Waals surface area contributed by atoms with Gasteiger partial charge in [0.05, 0.1) is 25.4 Å². The summed E-state index contributed by atoms with van der Waals surface area (Å²) in [4.78, 5) is 15.0. The van der Waals surface area contributed by atoms with Crippen LogP contribution in [0.2, 0.25) is 0 Å². The lowest BCUT2D eigenvalue weighted by atomic mass is 9.77. The highest BCUT2D eigenvalue weighted by Gasteiger charge is 2.35. The molecule has 28 heavy (non-hydrogen) atoms. The molecule has 154 valence electrons. The molecule has 0 radical (unpaired) electrons. The van der Waals surface area contributed by atoms with Crippen LogP contribution in [-0.2, 0) is 0 Å². The third kappa shape index (κ3) is 4.95. The molecule has 0 bridgehead atoms. The van der Waals surface area contributed by atoms with Gasteiger partial charge in [0.25, 0.3) is 0 Å². The molecule has 0 saturated heterocycles. The number of hydrogen-bond donors (Lipinski definition) is 2. The molecule has 1 fully saturated rings. The number of carbonyl (C=O) groups is 1. The number of nitrogens with one attached hydrogen (secondary N) is 1. The summed E-state index contributed by atoms with van der Waals surface area (Å²) in [6.45, 7) is 0.704. The minimum atomic E-state index is -4.20. The molecule has 2 aliphatic rings. The third-order valence-corrected chi connectivity index (χ3v) is 5.31. The molecule has 2 heterocycles. The van der Waals surface area contributed by atoms with Crippen LogP contribution >= 0.6 is 0 Å². The van der Waals surface area contributed by atoms with Gasteiger partial charge in [-0.05, 0) is 18.9 Å². The summed E-state index contributed by atoms with van der Waals surface area (Å²) in [5.74, 6) is 0.164. The summed E-state index contributed by atoms with van der Waals surface area (Å²) in [5.41, 5.74) is 3.95. The lowest BCUT2D eigenvalue weighted by Crippen LogP contribution is -2.39. The van der Waals surface area contributed by atoms with E-state index in [-0.39, 0.29) is 35.4 Å². The van der Waals surface area contributed by atoms with E-state index in [1.165, 1.54) is 12.4 Å². The Kier molecular flexibility index (Phi) is 6.43. The Balaban J connectivity index is 1.67. The van der Waals surface area contributed by atoms with Crippen molar-refractivity contribution < 1.29 is 27.8 Å². The molecule has 1 saturated carbocycles. The number of aromatic nitrogens is 1. The molecule has 2 atom stereocenters. The molecule has 1 aliphatic carbocycles. The highest BCUT2D eigenvalue weighted by Crippen LogP contribution is 2.38. The Morgan fingerprint density at radius 3 is 2.86 bits per heavy atom. The maximum atomic E-state index is 12.6. The quantitative estimate of drug-likeness (QED) is 0.685. The molecule has 6 nitrogen and oxygen atoms in total. The number of hydrogen-bond acceptors (Lipinski definition) is 6. The maximum absolute atomic E-state index is 12.6. The number of allylic oxidation sites excluding steroid dienone is 1. The average molecular weight is 399 g/mol. The van der Waals surface area contributed by atoms with Crippen LogP contribution in [0.1, 0.15) is 42.5 Å². The van der Waals surface area contributed by atoms with Gasteiger partial charge in [-0.2, -0.15) is 13.2 Å². The second kappa shape index (κ2) is 8.81. The van der Waals surface area contributed by atoms with Gasteiger partial charge in [0.1, 0.15) is 11.3 Å². The fraction of sp³-hybridized carbons (Fsp3) is 0.579. The van der Waals surface area contributed by atoms with E-state index in [2.05, 4.69) is 10.4 Å². The van der Waals surface area contributed by atoms with Gasteiger partial charge in [-0.1, -0.05) is 12.8 Å². The molecule has 9 heteroatoms. The van der Waals surface area contributed by atoms with Crippen LogP contribution in [0.4, 0.5) is 13.2 Å². The Hall–Kier alpha value is -2.29. The van der Waals surface area contributed by atoms with Gasteiger partial charge < -0.3 is 14.9 Å². The van der Waals surface area contributed by atoms with E-state index in [0.717, 1.165) is 31.4 Å². The molecule has 0 aromatic carbocycles. The van der Waals surface area contributed by atoms with E-state index in [1.807, 2.05) is 6.08 Å². The standard InChI is InChI=1S/C19H24F3N3O3/c20-19(21,22)6-8-25-16(5-7-24-25)14-4-2-1-3-13(14)12-28-18-10-23-9-17(27)15(18)11-26/h5,9-11,13-14,24,27H,1-4,6-8,12H2. The summed E-state index contributed by atoms with van der Waals surface area (Å²) >= 11 is 0. The Morgan fingerprint density at radius 2 is 2.11 bits per heavy atom. The molecule has 2 unspecified atom stereocenters. The van der Waals surface area contributed by atoms with Crippen LogP contribution in [-0.4, -0.2) is 47.3 Å². The predicted octanol–water partition coefficient (Wildman–Crippen LogP) is 3.44. The van der Waals surface area contributed by atoms with Crippen molar-refractivity contribution in [1.29, 1.82) is 0 Å². The molecule has 1 aliphatic heterocycles. The van der Waals surface area contributed by atoms with Gasteiger partial charge in [0.15, 0.2) is 12.0 Å². The van der Waals surface area contributed by atoms with Gasteiger partial charge in [-0.15, -0.1) is 0 Å². The van der Waals surface area contributed by atoms with E-state index in [1.54, 1.807) is 5.01 Å². The van der Waals surface area contributed by atoms with Gasteiger partial charge in [-0.3, -0.25) is 9.78 Å². The highest BCUT2D eigenvalue weighted by molar-refractivity contribution is 5.82. The van der Waals surface area contributed by atoms with Crippen molar-refractivity contribution in [3.63, 3.8) is 0 Å². The molecular weight excluding hydrogens is 375 g/mol. The van der Waals surface area contributed by atoms with Crippen molar-refractivity contribution in [2.75, 3.05) is 19.7 Å². The summed E-state index contributed by atoms with van der Waals surface area (Å²) in [6.07, 6.45) is 3.76. The first-order chi connectivity index (χ1) is 13.4. The first-order valence-corrected chi connectivity index (χ1v) is 9.42. The van der Waals surface area contributed by atoms with Gasteiger partial charge in [-0.25, -0.2) is 5.43 Å². The second-order valence-corrected chi connectivity index (χ2v) is 7.16. The zero-order valence-corrected chi connectivity index (χ0v) is 15.4. The number of alkyl halides is 3. The monoisotopic (exact) mass is 399 g/mol. The van der Waals surface area contributed by atoms with E-state index < -0.39 is 12.6 Å². The number of aromatic hydroxyl groups is 1. The Bertz CT molecular complexity index is 724. The number of halogens is 3. The topological polar surface area (TPSA) is 74.7 Å². The highest BCUT2D eigenvalue weighted by atomic mass is 19.4. The SMILES string of the molecule is O=Cc1c(O)cncc1OCC1CCCCC1C1=CCNN1CCC(F)(F)F. The van der Waals surface area contributed by atoms with Crippen LogP contribution in [0.25, 0.3) is 0 Å². The van der Waals surface area contributed by atoms with Gasteiger partial charge in [0.2, 0.25) is 0 Å². The normalized spacial score (nSPS) is 22.8. The summed E-state index contributed by atoms with van der Waals surface area (Å²) in [5, 5.41) is 11.3. The predicted molar refractivity (Wildman–Crippen MR) is 95.7 cm³/mol. The van der Waals surface area contributed by atoms with Crippen molar-refractivity contribution in [3.8, 4) is 11.5 Å². The van der Waals surface area contributed by atoms with Crippen molar-refractivity contribution in [2.24, 2.45) is 11.8 Å². The fourth-order valence-electron chi connectivity index (χ4n) is 3.93. The van der Waals surface area contributed by atoms with Crippen molar-refractivity contribution >= 4 is 6.29 Å². The second-order valence-electron chi connectivity index (χ2n) is 7.16. The Morgan fingerprint density at radius 1 is 1.32 bits per heavy atom. The zero-order chi connectivity index (χ0) is 20.1.